The Hall–Kier alpha value is -1.38. The van der Waals surface area contributed by atoms with Gasteiger partial charge in [0, 0.05) is 6.07 Å². The third-order valence-electron chi connectivity index (χ3n) is 1.18. The zero-order valence-electron chi connectivity index (χ0n) is 5.20. The van der Waals surface area contributed by atoms with Gasteiger partial charge in [-0.3, -0.25) is 0 Å². The highest BCUT2D eigenvalue weighted by atomic mass is 16.3. The second-order valence-corrected chi connectivity index (χ2v) is 1.97. The first-order chi connectivity index (χ1) is 4.61. The molecule has 0 saturated carbocycles. The highest BCUT2D eigenvalue weighted by Crippen LogP contribution is 2.31. The van der Waals surface area contributed by atoms with Crippen LogP contribution in [-0.4, -0.2) is 15.3 Å². The molecule has 0 spiro atoms. The molecule has 0 bridgehead atoms. The van der Waals surface area contributed by atoms with Crippen LogP contribution >= 0.6 is 0 Å². The van der Waals surface area contributed by atoms with E-state index in [2.05, 4.69) is 6.92 Å². The quantitative estimate of drug-likeness (QED) is 0.371. The van der Waals surface area contributed by atoms with Crippen molar-refractivity contribution in [3.05, 3.63) is 24.6 Å². The van der Waals surface area contributed by atoms with Gasteiger partial charge in [0.25, 0.3) is 0 Å². The fraction of sp³-hybridized carbons (Fsp3) is 0. The Morgan fingerprint density at radius 1 is 0.900 bits per heavy atom. The summed E-state index contributed by atoms with van der Waals surface area (Å²) < 4.78 is 0. The molecule has 1 radical (unpaired) electrons. The smallest absolute Gasteiger partial charge is 0.161 e. The van der Waals surface area contributed by atoms with Gasteiger partial charge in [-0.1, -0.05) is 0 Å². The fourth-order valence-electron chi connectivity index (χ4n) is 0.609. The van der Waals surface area contributed by atoms with Crippen LogP contribution in [0, 0.1) is 6.92 Å². The Bertz CT molecular complexity index is 205. The van der Waals surface area contributed by atoms with E-state index in [0.29, 0.717) is 0 Å². The molecule has 0 aromatic heterocycles. The summed E-state index contributed by atoms with van der Waals surface area (Å²) in [5, 5.41) is 26.5. The molecule has 1 aromatic rings. The molecule has 0 aliphatic heterocycles. The maximum Gasteiger partial charge on any atom is 0.161 e. The molecule has 10 heavy (non-hydrogen) atoms. The van der Waals surface area contributed by atoms with Crippen molar-refractivity contribution in [3.8, 4) is 17.2 Å². The summed E-state index contributed by atoms with van der Waals surface area (Å²) in [5.41, 5.74) is 0.287. The molecule has 1 rings (SSSR count). The molecule has 0 atom stereocenters. The minimum absolute atomic E-state index is 0.129. The topological polar surface area (TPSA) is 60.7 Å². The Morgan fingerprint density at radius 2 is 1.40 bits per heavy atom. The molecule has 0 fully saturated rings. The maximum absolute atomic E-state index is 8.89. The molecule has 0 saturated heterocycles. The van der Waals surface area contributed by atoms with Gasteiger partial charge in [0.15, 0.2) is 11.5 Å². The van der Waals surface area contributed by atoms with E-state index in [4.69, 9.17) is 15.3 Å². The third-order valence-corrected chi connectivity index (χ3v) is 1.18. The van der Waals surface area contributed by atoms with E-state index in [0.717, 1.165) is 6.07 Å². The third kappa shape index (κ3) is 0.978. The van der Waals surface area contributed by atoms with E-state index < -0.39 is 0 Å². The summed E-state index contributed by atoms with van der Waals surface area (Å²) >= 11 is 0. The van der Waals surface area contributed by atoms with Gasteiger partial charge in [-0.05, 0) is 18.6 Å². The molecular weight excluding hydrogens is 132 g/mol. The van der Waals surface area contributed by atoms with E-state index in [1.165, 1.54) is 6.07 Å². The summed E-state index contributed by atoms with van der Waals surface area (Å²) in [6, 6.07) is 2.22. The van der Waals surface area contributed by atoms with Crippen LogP contribution in [0.1, 0.15) is 5.56 Å². The lowest BCUT2D eigenvalue weighted by molar-refractivity contribution is 0.396. The second kappa shape index (κ2) is 2.10. The number of hydrogen-bond donors (Lipinski definition) is 3. The molecule has 0 unspecified atom stereocenters. The fourth-order valence-corrected chi connectivity index (χ4v) is 0.609. The first-order valence-electron chi connectivity index (χ1n) is 2.68. The van der Waals surface area contributed by atoms with Crippen LogP contribution in [-0.2, 0) is 0 Å². The van der Waals surface area contributed by atoms with Crippen molar-refractivity contribution in [3.63, 3.8) is 0 Å². The first-order valence-corrected chi connectivity index (χ1v) is 2.68. The van der Waals surface area contributed by atoms with Gasteiger partial charge in [-0.25, -0.2) is 0 Å². The normalized spacial score (nSPS) is 9.70. The minimum Gasteiger partial charge on any atom is -0.508 e. The number of hydrogen-bond acceptors (Lipinski definition) is 3. The molecule has 3 heteroatoms. The summed E-state index contributed by atoms with van der Waals surface area (Å²) in [5.74, 6) is -0.747. The van der Waals surface area contributed by atoms with Crippen molar-refractivity contribution in [2.45, 2.75) is 0 Å². The van der Waals surface area contributed by atoms with Crippen molar-refractivity contribution in [2.24, 2.45) is 0 Å². The number of benzene rings is 1. The number of phenolic OH excluding ortho intramolecular Hbond substituents is 3. The average Bonchev–Trinajstić information content (AvgIpc) is 1.84. The van der Waals surface area contributed by atoms with E-state index in [9.17, 15) is 0 Å². The van der Waals surface area contributed by atoms with E-state index >= 15 is 0 Å². The lowest BCUT2D eigenvalue weighted by atomic mass is 10.2. The van der Waals surface area contributed by atoms with E-state index in [1.54, 1.807) is 0 Å². The lowest BCUT2D eigenvalue weighted by Gasteiger charge is -2.00. The predicted octanol–water partition coefficient (Wildman–Crippen LogP) is 0.986. The standard InChI is InChI=1S/C7H7O3/c1-4-2-6(9)7(10)3-5(4)8/h2-3,8-10H,1H2. The van der Waals surface area contributed by atoms with Crippen LogP contribution in [0.5, 0.6) is 17.2 Å². The van der Waals surface area contributed by atoms with Gasteiger partial charge in [0.1, 0.15) is 5.75 Å². The van der Waals surface area contributed by atoms with E-state index in [-0.39, 0.29) is 22.8 Å². The summed E-state index contributed by atoms with van der Waals surface area (Å²) in [6.07, 6.45) is 0. The van der Waals surface area contributed by atoms with Crippen molar-refractivity contribution < 1.29 is 15.3 Å². The molecule has 3 N–H and O–H groups in total. The van der Waals surface area contributed by atoms with Crippen LogP contribution < -0.4 is 0 Å². The SMILES string of the molecule is [CH2]c1cc(O)c(O)cc1O. The van der Waals surface area contributed by atoms with Gasteiger partial charge >= 0.3 is 0 Å². The second-order valence-electron chi connectivity index (χ2n) is 1.97. The molecule has 1 aromatic carbocycles. The van der Waals surface area contributed by atoms with Crippen LogP contribution in [0.2, 0.25) is 0 Å². The van der Waals surface area contributed by atoms with Crippen molar-refractivity contribution in [1.29, 1.82) is 0 Å². The Balaban J connectivity index is 3.28. The lowest BCUT2D eigenvalue weighted by Crippen LogP contribution is -1.74. The summed E-state index contributed by atoms with van der Waals surface area (Å²) in [7, 11) is 0. The van der Waals surface area contributed by atoms with E-state index in [1.807, 2.05) is 0 Å². The monoisotopic (exact) mass is 139 g/mol. The molecule has 0 aliphatic carbocycles. The van der Waals surface area contributed by atoms with Gasteiger partial charge in [-0.2, -0.15) is 0 Å². The van der Waals surface area contributed by atoms with Gasteiger partial charge in [-0.15, -0.1) is 0 Å². The van der Waals surface area contributed by atoms with Crippen LogP contribution in [0.15, 0.2) is 12.1 Å². The maximum atomic E-state index is 8.89. The van der Waals surface area contributed by atoms with Crippen LogP contribution in [0.3, 0.4) is 0 Å². The van der Waals surface area contributed by atoms with Gasteiger partial charge < -0.3 is 15.3 Å². The highest BCUT2D eigenvalue weighted by Gasteiger charge is 2.02. The summed E-state index contributed by atoms with van der Waals surface area (Å²) in [6.45, 7) is 3.40. The Morgan fingerprint density at radius 3 is 1.90 bits per heavy atom. The zero-order chi connectivity index (χ0) is 7.72. The molecular formula is C7H7O3. The van der Waals surface area contributed by atoms with Crippen LogP contribution in [0.25, 0.3) is 0 Å². The minimum atomic E-state index is -0.343. The Kier molecular flexibility index (Phi) is 1.41. The Labute approximate surface area is 58.2 Å². The molecule has 53 valence electrons. The zero-order valence-corrected chi connectivity index (χ0v) is 5.20. The number of phenols is 3. The number of rotatable bonds is 0. The summed E-state index contributed by atoms with van der Waals surface area (Å²) in [4.78, 5) is 0. The van der Waals surface area contributed by atoms with Crippen molar-refractivity contribution in [2.75, 3.05) is 0 Å². The van der Waals surface area contributed by atoms with Gasteiger partial charge in [0.2, 0.25) is 0 Å². The molecule has 0 heterocycles. The van der Waals surface area contributed by atoms with Gasteiger partial charge in [0.05, 0.1) is 0 Å². The van der Waals surface area contributed by atoms with Crippen molar-refractivity contribution in [1.82, 2.24) is 0 Å². The van der Waals surface area contributed by atoms with Crippen molar-refractivity contribution >= 4 is 0 Å². The highest BCUT2D eigenvalue weighted by molar-refractivity contribution is 5.49. The predicted molar refractivity (Wildman–Crippen MR) is 35.9 cm³/mol. The average molecular weight is 139 g/mol. The molecule has 0 amide bonds. The first kappa shape index (κ1) is 6.74. The largest absolute Gasteiger partial charge is 0.508 e. The molecule has 3 nitrogen and oxygen atoms in total. The molecule has 0 aliphatic rings. The number of aromatic hydroxyl groups is 3. The van der Waals surface area contributed by atoms with Crippen LogP contribution in [0.4, 0.5) is 0 Å².